The summed E-state index contributed by atoms with van der Waals surface area (Å²) in [5, 5.41) is 13.8. The topological polar surface area (TPSA) is 119 Å². The average molecular weight is 280 g/mol. The van der Waals surface area contributed by atoms with Crippen molar-refractivity contribution < 1.29 is 4.92 Å². The largest absolute Gasteiger partial charge is 0.359 e. The summed E-state index contributed by atoms with van der Waals surface area (Å²) in [6.45, 7) is 2.31. The summed E-state index contributed by atoms with van der Waals surface area (Å²) in [4.78, 5) is 19.6. The van der Waals surface area contributed by atoms with Gasteiger partial charge in [-0.15, -0.1) is 11.3 Å². The van der Waals surface area contributed by atoms with Gasteiger partial charge in [0.25, 0.3) is 0 Å². The Hall–Kier alpha value is -2.26. The molecule has 0 saturated carbocycles. The van der Waals surface area contributed by atoms with Crippen molar-refractivity contribution in [3.05, 3.63) is 38.3 Å². The van der Waals surface area contributed by atoms with Gasteiger partial charge in [-0.2, -0.15) is 0 Å². The molecule has 0 unspecified atom stereocenters. The molecule has 2 aromatic rings. The minimum Gasteiger partial charge on any atom is -0.359 e. The number of hydrogen-bond donors (Lipinski definition) is 3. The molecule has 0 aliphatic carbocycles. The third-order valence-electron chi connectivity index (χ3n) is 2.48. The normalized spacial score (nSPS) is 10.2. The predicted octanol–water partition coefficient (Wildman–Crippen LogP) is 1.65. The Labute approximate surface area is 112 Å². The van der Waals surface area contributed by atoms with Gasteiger partial charge in [0, 0.05) is 10.9 Å². The number of hydrogen-bond acceptors (Lipinski definition) is 8. The van der Waals surface area contributed by atoms with E-state index >= 15 is 0 Å². The number of rotatable bonds is 5. The highest BCUT2D eigenvalue weighted by atomic mass is 32.1. The van der Waals surface area contributed by atoms with E-state index in [9.17, 15) is 10.1 Å². The lowest BCUT2D eigenvalue weighted by molar-refractivity contribution is -0.384. The number of hydrazine groups is 1. The lowest BCUT2D eigenvalue weighted by atomic mass is 10.3. The van der Waals surface area contributed by atoms with Crippen molar-refractivity contribution >= 4 is 28.7 Å². The quantitative estimate of drug-likeness (QED) is 0.433. The molecule has 0 atom stereocenters. The van der Waals surface area contributed by atoms with Crippen LogP contribution in [0.5, 0.6) is 0 Å². The highest BCUT2D eigenvalue weighted by molar-refractivity contribution is 7.09. The average Bonchev–Trinajstić information content (AvgIpc) is 2.81. The van der Waals surface area contributed by atoms with Crippen LogP contribution in [0.2, 0.25) is 0 Å². The number of thiazole rings is 1. The Bertz CT molecular complexity index is 599. The van der Waals surface area contributed by atoms with Crippen molar-refractivity contribution in [1.29, 1.82) is 0 Å². The lowest BCUT2D eigenvalue weighted by Crippen LogP contribution is -2.11. The van der Waals surface area contributed by atoms with Crippen molar-refractivity contribution in [3.63, 3.8) is 0 Å². The zero-order chi connectivity index (χ0) is 13.8. The number of nitrogens with one attached hydrogen (secondary N) is 2. The van der Waals surface area contributed by atoms with Crippen LogP contribution in [0.1, 0.15) is 10.6 Å². The van der Waals surface area contributed by atoms with Gasteiger partial charge < -0.3 is 10.7 Å². The summed E-state index contributed by atoms with van der Waals surface area (Å²) in [5.74, 6) is 5.77. The molecule has 0 fully saturated rings. The molecule has 0 aromatic carbocycles. The van der Waals surface area contributed by atoms with Gasteiger partial charge in [0.2, 0.25) is 5.82 Å². The van der Waals surface area contributed by atoms with Crippen LogP contribution < -0.4 is 16.6 Å². The number of nitrogens with two attached hydrogens (primary N) is 1. The van der Waals surface area contributed by atoms with E-state index < -0.39 is 4.92 Å². The molecule has 2 rings (SSSR count). The first-order valence-electron chi connectivity index (χ1n) is 5.36. The van der Waals surface area contributed by atoms with Crippen LogP contribution in [0, 0.1) is 17.0 Å². The maximum Gasteiger partial charge on any atom is 0.311 e. The van der Waals surface area contributed by atoms with Gasteiger partial charge in [0.05, 0.1) is 22.7 Å². The Kier molecular flexibility index (Phi) is 3.88. The SMILES string of the molecule is Cc1ncsc1CNc1nc(NN)ccc1[N+](=O)[O-]. The minimum atomic E-state index is -0.491. The fraction of sp³-hybridized carbons (Fsp3) is 0.200. The summed E-state index contributed by atoms with van der Waals surface area (Å²) >= 11 is 1.48. The van der Waals surface area contributed by atoms with Crippen molar-refractivity contribution in [2.45, 2.75) is 13.5 Å². The third kappa shape index (κ3) is 2.95. The molecular weight excluding hydrogens is 268 g/mol. The molecule has 0 saturated heterocycles. The first-order valence-corrected chi connectivity index (χ1v) is 6.24. The van der Waals surface area contributed by atoms with Gasteiger partial charge in [-0.05, 0) is 13.0 Å². The second-order valence-electron chi connectivity index (χ2n) is 3.68. The lowest BCUT2D eigenvalue weighted by Gasteiger charge is -2.07. The Balaban J connectivity index is 2.22. The van der Waals surface area contributed by atoms with Crippen LogP contribution in [0.4, 0.5) is 17.3 Å². The molecule has 2 aromatic heterocycles. The summed E-state index contributed by atoms with van der Waals surface area (Å²) in [6, 6.07) is 2.80. The van der Waals surface area contributed by atoms with Crippen molar-refractivity contribution in [3.8, 4) is 0 Å². The van der Waals surface area contributed by atoms with E-state index in [1.807, 2.05) is 6.92 Å². The molecule has 0 amide bonds. The highest BCUT2D eigenvalue weighted by Gasteiger charge is 2.16. The molecule has 0 bridgehead atoms. The zero-order valence-electron chi connectivity index (χ0n) is 10.1. The number of nitrogens with zero attached hydrogens (tertiary/aromatic N) is 3. The van der Waals surface area contributed by atoms with E-state index in [0.29, 0.717) is 12.4 Å². The molecule has 100 valence electrons. The summed E-state index contributed by atoms with van der Waals surface area (Å²) in [7, 11) is 0. The second kappa shape index (κ2) is 5.59. The summed E-state index contributed by atoms with van der Waals surface area (Å²) in [6.07, 6.45) is 0. The van der Waals surface area contributed by atoms with Crippen molar-refractivity contribution in [2.24, 2.45) is 5.84 Å². The molecule has 0 aliphatic rings. The molecule has 0 aliphatic heterocycles. The van der Waals surface area contributed by atoms with E-state index in [4.69, 9.17) is 5.84 Å². The molecule has 0 spiro atoms. The Morgan fingerprint density at radius 3 is 2.89 bits per heavy atom. The summed E-state index contributed by atoms with van der Waals surface area (Å²) < 4.78 is 0. The van der Waals surface area contributed by atoms with Crippen LogP contribution >= 0.6 is 11.3 Å². The van der Waals surface area contributed by atoms with E-state index in [2.05, 4.69) is 20.7 Å². The summed E-state index contributed by atoms with van der Waals surface area (Å²) in [5.41, 5.74) is 4.88. The Morgan fingerprint density at radius 2 is 2.32 bits per heavy atom. The van der Waals surface area contributed by atoms with Gasteiger partial charge in [0.1, 0.15) is 5.82 Å². The van der Waals surface area contributed by atoms with Crippen LogP contribution in [0.3, 0.4) is 0 Å². The maximum absolute atomic E-state index is 10.9. The zero-order valence-corrected chi connectivity index (χ0v) is 10.9. The van der Waals surface area contributed by atoms with Gasteiger partial charge in [-0.3, -0.25) is 10.1 Å². The highest BCUT2D eigenvalue weighted by Crippen LogP contribution is 2.25. The van der Waals surface area contributed by atoms with Gasteiger partial charge >= 0.3 is 5.69 Å². The fourth-order valence-electron chi connectivity index (χ4n) is 1.47. The number of anilines is 2. The fourth-order valence-corrected chi connectivity index (χ4v) is 2.19. The standard InChI is InChI=1S/C10H12N6O2S/c1-6-8(19-5-13-6)4-12-10-7(16(17)18)2-3-9(14-10)15-11/h2-3,5H,4,11H2,1H3,(H2,12,14,15). The molecule has 8 nitrogen and oxygen atoms in total. The number of aryl methyl sites for hydroxylation is 1. The molecule has 4 N–H and O–H groups in total. The number of aromatic nitrogens is 2. The van der Waals surface area contributed by atoms with E-state index in [-0.39, 0.29) is 11.5 Å². The van der Waals surface area contributed by atoms with Crippen LogP contribution in [-0.4, -0.2) is 14.9 Å². The van der Waals surface area contributed by atoms with E-state index in [0.717, 1.165) is 10.6 Å². The maximum atomic E-state index is 10.9. The van der Waals surface area contributed by atoms with E-state index in [1.165, 1.54) is 23.5 Å². The Morgan fingerprint density at radius 1 is 1.53 bits per heavy atom. The molecule has 9 heteroatoms. The smallest absolute Gasteiger partial charge is 0.311 e. The van der Waals surface area contributed by atoms with Gasteiger partial charge in [-0.25, -0.2) is 15.8 Å². The van der Waals surface area contributed by atoms with Crippen molar-refractivity contribution in [1.82, 2.24) is 9.97 Å². The van der Waals surface area contributed by atoms with E-state index in [1.54, 1.807) is 5.51 Å². The van der Waals surface area contributed by atoms with Crippen LogP contribution in [0.15, 0.2) is 17.6 Å². The van der Waals surface area contributed by atoms with Crippen molar-refractivity contribution in [2.75, 3.05) is 10.7 Å². The number of nitro groups is 1. The number of nitrogen functional groups attached to an aromatic ring is 1. The molecule has 0 radical (unpaired) electrons. The first kappa shape index (κ1) is 13.2. The van der Waals surface area contributed by atoms with Crippen LogP contribution in [-0.2, 0) is 6.54 Å². The monoisotopic (exact) mass is 280 g/mol. The molecule has 19 heavy (non-hydrogen) atoms. The second-order valence-corrected chi connectivity index (χ2v) is 4.62. The molecular formula is C10H12N6O2S. The van der Waals surface area contributed by atoms with Crippen LogP contribution in [0.25, 0.3) is 0 Å². The minimum absolute atomic E-state index is 0.0961. The van der Waals surface area contributed by atoms with Gasteiger partial charge in [0.15, 0.2) is 0 Å². The third-order valence-corrected chi connectivity index (χ3v) is 3.41. The molecule has 2 heterocycles. The number of pyridine rings is 1. The predicted molar refractivity (Wildman–Crippen MR) is 72.9 cm³/mol. The first-order chi connectivity index (χ1) is 9.11. The van der Waals surface area contributed by atoms with Gasteiger partial charge in [-0.1, -0.05) is 0 Å².